The summed E-state index contributed by atoms with van der Waals surface area (Å²) in [4.78, 5) is 0. The fourth-order valence-corrected chi connectivity index (χ4v) is 3.43. The molecule has 78 valence electrons. The van der Waals surface area contributed by atoms with Crippen LogP contribution in [0.5, 0.6) is 0 Å². The SMILES string of the molecule is S=C1NC23CCCCC2(NCCN3)N1. The van der Waals surface area contributed by atoms with Crippen molar-refractivity contribution in [1.82, 2.24) is 21.3 Å². The smallest absolute Gasteiger partial charge is 0.169 e. The van der Waals surface area contributed by atoms with Crippen molar-refractivity contribution in [3.05, 3.63) is 0 Å². The van der Waals surface area contributed by atoms with Crippen LogP contribution in [0.4, 0.5) is 0 Å². The van der Waals surface area contributed by atoms with E-state index in [2.05, 4.69) is 21.3 Å². The molecule has 0 aromatic heterocycles. The molecule has 4 nitrogen and oxygen atoms in total. The minimum absolute atomic E-state index is 0.0272. The predicted molar refractivity (Wildman–Crippen MR) is 58.8 cm³/mol. The number of piperazine rings is 1. The Hall–Kier alpha value is -0.390. The van der Waals surface area contributed by atoms with Gasteiger partial charge in [-0.3, -0.25) is 10.6 Å². The molecule has 4 N–H and O–H groups in total. The van der Waals surface area contributed by atoms with E-state index in [0.29, 0.717) is 0 Å². The van der Waals surface area contributed by atoms with Gasteiger partial charge in [0.05, 0.1) is 0 Å². The molecule has 2 saturated heterocycles. The second kappa shape index (κ2) is 2.81. The summed E-state index contributed by atoms with van der Waals surface area (Å²) >= 11 is 5.24. The summed E-state index contributed by atoms with van der Waals surface area (Å²) in [5.41, 5.74) is -0.0544. The van der Waals surface area contributed by atoms with E-state index in [0.717, 1.165) is 31.0 Å². The minimum atomic E-state index is -0.0272. The van der Waals surface area contributed by atoms with Crippen molar-refractivity contribution >= 4 is 17.3 Å². The van der Waals surface area contributed by atoms with Crippen LogP contribution in [-0.2, 0) is 0 Å². The lowest BCUT2D eigenvalue weighted by atomic mass is 9.78. The molecule has 3 rings (SSSR count). The van der Waals surface area contributed by atoms with Crippen LogP contribution in [0.15, 0.2) is 0 Å². The topological polar surface area (TPSA) is 48.1 Å². The standard InChI is InChI=1S/C9H16N4S/c14-7-12-8-3-1-2-4-9(8,13-7)11-6-5-10-8/h10-11H,1-6H2,(H2,12,13,14). The predicted octanol–water partition coefficient (Wildman–Crippen LogP) is -0.376. The first-order valence-corrected chi connectivity index (χ1v) is 5.78. The van der Waals surface area contributed by atoms with E-state index in [-0.39, 0.29) is 11.3 Å². The van der Waals surface area contributed by atoms with Crippen molar-refractivity contribution in [2.45, 2.75) is 37.0 Å². The van der Waals surface area contributed by atoms with E-state index in [9.17, 15) is 0 Å². The highest BCUT2D eigenvalue weighted by Crippen LogP contribution is 2.37. The van der Waals surface area contributed by atoms with Crippen molar-refractivity contribution in [3.8, 4) is 0 Å². The van der Waals surface area contributed by atoms with Crippen LogP contribution in [0.25, 0.3) is 0 Å². The minimum Gasteiger partial charge on any atom is -0.341 e. The molecule has 0 aromatic rings. The number of hydrogen-bond acceptors (Lipinski definition) is 3. The summed E-state index contributed by atoms with van der Waals surface area (Å²) in [7, 11) is 0. The molecule has 14 heavy (non-hydrogen) atoms. The molecule has 3 aliphatic rings. The first kappa shape index (κ1) is 8.88. The lowest BCUT2D eigenvalue weighted by Crippen LogP contribution is -2.79. The Kier molecular flexibility index (Phi) is 1.78. The van der Waals surface area contributed by atoms with Crippen LogP contribution in [0, 0.1) is 0 Å². The van der Waals surface area contributed by atoms with Crippen LogP contribution in [-0.4, -0.2) is 29.5 Å². The van der Waals surface area contributed by atoms with Gasteiger partial charge in [0.2, 0.25) is 0 Å². The Balaban J connectivity index is 2.01. The highest BCUT2D eigenvalue weighted by atomic mass is 32.1. The largest absolute Gasteiger partial charge is 0.341 e. The molecule has 3 fully saturated rings. The summed E-state index contributed by atoms with van der Waals surface area (Å²) in [5, 5.41) is 14.8. The monoisotopic (exact) mass is 212 g/mol. The average Bonchev–Trinajstić information content (AvgIpc) is 2.48. The second-order valence-electron chi connectivity index (χ2n) is 4.45. The summed E-state index contributed by atoms with van der Waals surface area (Å²) in [6, 6.07) is 0. The van der Waals surface area contributed by atoms with E-state index >= 15 is 0 Å². The van der Waals surface area contributed by atoms with Crippen molar-refractivity contribution in [2.75, 3.05) is 13.1 Å². The molecule has 0 spiro atoms. The number of rotatable bonds is 0. The van der Waals surface area contributed by atoms with E-state index in [4.69, 9.17) is 12.2 Å². The normalized spacial score (nSPS) is 46.1. The van der Waals surface area contributed by atoms with Gasteiger partial charge in [-0.1, -0.05) is 0 Å². The van der Waals surface area contributed by atoms with E-state index in [1.54, 1.807) is 0 Å². The van der Waals surface area contributed by atoms with Crippen molar-refractivity contribution in [3.63, 3.8) is 0 Å². The Morgan fingerprint density at radius 1 is 0.929 bits per heavy atom. The van der Waals surface area contributed by atoms with Crippen LogP contribution < -0.4 is 21.3 Å². The molecule has 1 saturated carbocycles. The zero-order chi connectivity index (χ0) is 9.65. The van der Waals surface area contributed by atoms with Gasteiger partial charge < -0.3 is 10.6 Å². The van der Waals surface area contributed by atoms with Gasteiger partial charge in [0.1, 0.15) is 11.3 Å². The Morgan fingerprint density at radius 2 is 1.43 bits per heavy atom. The maximum Gasteiger partial charge on any atom is 0.169 e. The lowest BCUT2D eigenvalue weighted by molar-refractivity contribution is 0.0480. The Bertz CT molecular complexity index is 240. The highest BCUT2D eigenvalue weighted by Gasteiger charge is 2.59. The summed E-state index contributed by atoms with van der Waals surface area (Å²) < 4.78 is 0. The van der Waals surface area contributed by atoms with Gasteiger partial charge in [0.25, 0.3) is 0 Å². The molecule has 2 heterocycles. The number of thiocarbonyl (C=S) groups is 1. The van der Waals surface area contributed by atoms with Crippen molar-refractivity contribution in [1.29, 1.82) is 0 Å². The molecule has 0 radical (unpaired) electrons. The molecular formula is C9H16N4S. The third kappa shape index (κ3) is 0.975. The van der Waals surface area contributed by atoms with Gasteiger partial charge in [0.15, 0.2) is 5.11 Å². The van der Waals surface area contributed by atoms with Gasteiger partial charge in [-0.05, 0) is 37.9 Å². The van der Waals surface area contributed by atoms with Crippen molar-refractivity contribution < 1.29 is 0 Å². The maximum absolute atomic E-state index is 5.24. The molecule has 1 aliphatic carbocycles. The van der Waals surface area contributed by atoms with Gasteiger partial charge in [-0.25, -0.2) is 0 Å². The van der Waals surface area contributed by atoms with Crippen LogP contribution in [0.1, 0.15) is 25.7 Å². The molecular weight excluding hydrogens is 196 g/mol. The summed E-state index contributed by atoms with van der Waals surface area (Å²) in [6.45, 7) is 2.03. The molecule has 0 bridgehead atoms. The first-order chi connectivity index (χ1) is 6.77. The Labute approximate surface area is 89.2 Å². The zero-order valence-electron chi connectivity index (χ0n) is 8.15. The number of nitrogens with one attached hydrogen (secondary N) is 4. The quantitative estimate of drug-likeness (QED) is 0.413. The zero-order valence-corrected chi connectivity index (χ0v) is 8.97. The fraction of sp³-hybridized carbons (Fsp3) is 0.889. The van der Waals surface area contributed by atoms with Gasteiger partial charge in [-0.2, -0.15) is 0 Å². The Morgan fingerprint density at radius 3 is 1.93 bits per heavy atom. The number of hydrogen-bond donors (Lipinski definition) is 4. The molecule has 0 amide bonds. The van der Waals surface area contributed by atoms with E-state index in [1.807, 2.05) is 0 Å². The molecule has 5 heteroatoms. The molecule has 2 unspecified atom stereocenters. The third-order valence-electron chi connectivity index (χ3n) is 3.71. The molecule has 2 atom stereocenters. The summed E-state index contributed by atoms with van der Waals surface area (Å²) in [6.07, 6.45) is 4.84. The van der Waals surface area contributed by atoms with Crippen LogP contribution in [0.3, 0.4) is 0 Å². The molecule has 2 aliphatic heterocycles. The van der Waals surface area contributed by atoms with Crippen molar-refractivity contribution in [2.24, 2.45) is 0 Å². The average molecular weight is 212 g/mol. The third-order valence-corrected chi connectivity index (χ3v) is 3.92. The molecule has 0 aromatic carbocycles. The van der Waals surface area contributed by atoms with E-state index < -0.39 is 0 Å². The van der Waals surface area contributed by atoms with Gasteiger partial charge >= 0.3 is 0 Å². The van der Waals surface area contributed by atoms with Crippen LogP contribution in [0.2, 0.25) is 0 Å². The second-order valence-corrected chi connectivity index (χ2v) is 4.86. The first-order valence-electron chi connectivity index (χ1n) is 5.37. The van der Waals surface area contributed by atoms with Crippen LogP contribution >= 0.6 is 12.2 Å². The highest BCUT2D eigenvalue weighted by molar-refractivity contribution is 7.80. The van der Waals surface area contributed by atoms with Gasteiger partial charge in [-0.15, -0.1) is 0 Å². The lowest BCUT2D eigenvalue weighted by Gasteiger charge is -2.52. The fourth-order valence-electron chi connectivity index (χ4n) is 3.08. The maximum atomic E-state index is 5.24. The van der Waals surface area contributed by atoms with Gasteiger partial charge in [0, 0.05) is 13.1 Å². The van der Waals surface area contributed by atoms with E-state index in [1.165, 1.54) is 12.8 Å². The summed E-state index contributed by atoms with van der Waals surface area (Å²) in [5.74, 6) is 0.